The first-order valence-electron chi connectivity index (χ1n) is 8.27. The highest BCUT2D eigenvalue weighted by Gasteiger charge is 2.47. The molecule has 124 valence electrons. The van der Waals surface area contributed by atoms with Gasteiger partial charge in [0.2, 0.25) is 0 Å². The standard InChI is InChI=1S/C18H30O3Si/c1-17(2,3)22(5,6)21-12-10-18(4)15(7-8-16(18)19)14-9-11-20-13-14/h9,11,13,15H,7-8,10,12H2,1-6H3/t15-,18-/m1/s1. The summed E-state index contributed by atoms with van der Waals surface area (Å²) in [7, 11) is -1.75. The summed E-state index contributed by atoms with van der Waals surface area (Å²) in [6.45, 7) is 14.0. The van der Waals surface area contributed by atoms with Crippen LogP contribution < -0.4 is 0 Å². The van der Waals surface area contributed by atoms with Crippen molar-refractivity contribution in [2.75, 3.05) is 6.61 Å². The van der Waals surface area contributed by atoms with Crippen LogP contribution in [0.15, 0.2) is 23.0 Å². The molecule has 0 saturated heterocycles. The van der Waals surface area contributed by atoms with Crippen LogP contribution in [0, 0.1) is 5.41 Å². The Morgan fingerprint density at radius 1 is 1.41 bits per heavy atom. The second-order valence-electron chi connectivity index (χ2n) is 8.35. The molecule has 0 radical (unpaired) electrons. The summed E-state index contributed by atoms with van der Waals surface area (Å²) >= 11 is 0. The van der Waals surface area contributed by atoms with Crippen LogP contribution in [0.25, 0.3) is 0 Å². The summed E-state index contributed by atoms with van der Waals surface area (Å²) in [5, 5.41) is 0.206. The Morgan fingerprint density at radius 2 is 2.09 bits per heavy atom. The predicted molar refractivity (Wildman–Crippen MR) is 91.6 cm³/mol. The lowest BCUT2D eigenvalue weighted by atomic mass is 9.74. The normalized spacial score (nSPS) is 26.6. The Morgan fingerprint density at radius 3 is 2.64 bits per heavy atom. The van der Waals surface area contributed by atoms with Gasteiger partial charge in [0.1, 0.15) is 5.78 Å². The van der Waals surface area contributed by atoms with E-state index in [0.717, 1.165) is 18.4 Å². The molecule has 1 fully saturated rings. The van der Waals surface area contributed by atoms with E-state index in [9.17, 15) is 4.79 Å². The van der Waals surface area contributed by atoms with Crippen molar-refractivity contribution < 1.29 is 13.6 Å². The third-order valence-corrected chi connectivity index (χ3v) is 10.4. The monoisotopic (exact) mass is 322 g/mol. The average molecular weight is 323 g/mol. The molecule has 0 amide bonds. The van der Waals surface area contributed by atoms with E-state index in [2.05, 4.69) is 40.8 Å². The summed E-state index contributed by atoms with van der Waals surface area (Å²) in [6.07, 6.45) is 5.89. The third kappa shape index (κ3) is 3.23. The maximum atomic E-state index is 12.5. The van der Waals surface area contributed by atoms with Crippen LogP contribution in [0.5, 0.6) is 0 Å². The quantitative estimate of drug-likeness (QED) is 0.704. The van der Waals surface area contributed by atoms with Gasteiger partial charge in [-0.05, 0) is 48.5 Å². The topological polar surface area (TPSA) is 39.4 Å². The number of furan rings is 1. The zero-order chi connectivity index (χ0) is 16.6. The van der Waals surface area contributed by atoms with Gasteiger partial charge in [-0.3, -0.25) is 4.79 Å². The van der Waals surface area contributed by atoms with Gasteiger partial charge in [-0.1, -0.05) is 27.7 Å². The van der Waals surface area contributed by atoms with Crippen molar-refractivity contribution in [3.8, 4) is 0 Å². The second kappa shape index (κ2) is 5.97. The lowest BCUT2D eigenvalue weighted by Gasteiger charge is -2.38. The van der Waals surface area contributed by atoms with Gasteiger partial charge < -0.3 is 8.84 Å². The maximum Gasteiger partial charge on any atom is 0.191 e. The molecule has 0 N–H and O–H groups in total. The molecule has 1 aromatic heterocycles. The minimum atomic E-state index is -1.75. The van der Waals surface area contributed by atoms with E-state index in [-0.39, 0.29) is 16.4 Å². The molecule has 2 rings (SSSR count). The first kappa shape index (κ1) is 17.5. The number of Topliss-reactive ketones (excluding diaryl/α,β-unsaturated/α-hetero) is 1. The summed E-state index contributed by atoms with van der Waals surface area (Å²) < 4.78 is 11.5. The molecule has 0 unspecified atom stereocenters. The molecule has 1 saturated carbocycles. The highest BCUT2D eigenvalue weighted by atomic mass is 28.4. The molecule has 3 nitrogen and oxygen atoms in total. The molecule has 2 atom stereocenters. The van der Waals surface area contributed by atoms with E-state index in [0.29, 0.717) is 18.8 Å². The smallest absolute Gasteiger partial charge is 0.191 e. The molecule has 1 aliphatic rings. The van der Waals surface area contributed by atoms with E-state index in [4.69, 9.17) is 8.84 Å². The zero-order valence-electron chi connectivity index (χ0n) is 14.9. The van der Waals surface area contributed by atoms with Gasteiger partial charge >= 0.3 is 0 Å². The number of hydrogen-bond donors (Lipinski definition) is 0. The number of ketones is 1. The Hall–Kier alpha value is -0.873. The molecule has 1 aromatic rings. The van der Waals surface area contributed by atoms with Crippen LogP contribution in [-0.4, -0.2) is 20.7 Å². The summed E-state index contributed by atoms with van der Waals surface area (Å²) in [6, 6.07) is 2.00. The van der Waals surface area contributed by atoms with Crippen molar-refractivity contribution in [3.05, 3.63) is 24.2 Å². The highest BCUT2D eigenvalue weighted by Crippen LogP contribution is 2.49. The first-order chi connectivity index (χ1) is 10.1. The van der Waals surface area contributed by atoms with Gasteiger partial charge in [-0.15, -0.1) is 0 Å². The lowest BCUT2D eigenvalue weighted by molar-refractivity contribution is -0.126. The Balaban J connectivity index is 2.05. The minimum Gasteiger partial charge on any atom is -0.472 e. The number of carbonyl (C=O) groups is 1. The fourth-order valence-corrected chi connectivity index (χ4v) is 4.18. The van der Waals surface area contributed by atoms with Crippen LogP contribution >= 0.6 is 0 Å². The van der Waals surface area contributed by atoms with Gasteiger partial charge in [-0.2, -0.15) is 0 Å². The fourth-order valence-electron chi connectivity index (χ4n) is 3.13. The average Bonchev–Trinajstić information content (AvgIpc) is 2.98. The molecule has 0 bridgehead atoms. The largest absolute Gasteiger partial charge is 0.472 e. The Labute approximate surface area is 135 Å². The molecule has 0 aromatic carbocycles. The van der Waals surface area contributed by atoms with Crippen molar-refractivity contribution in [3.63, 3.8) is 0 Å². The number of hydrogen-bond acceptors (Lipinski definition) is 3. The summed E-state index contributed by atoms with van der Waals surface area (Å²) in [5.74, 6) is 0.638. The number of rotatable bonds is 5. The molecule has 22 heavy (non-hydrogen) atoms. The minimum absolute atomic E-state index is 0.206. The van der Waals surface area contributed by atoms with Gasteiger partial charge in [0.25, 0.3) is 0 Å². The van der Waals surface area contributed by atoms with E-state index in [1.165, 1.54) is 0 Å². The van der Waals surface area contributed by atoms with Crippen LogP contribution in [0.2, 0.25) is 18.1 Å². The van der Waals surface area contributed by atoms with E-state index < -0.39 is 8.32 Å². The van der Waals surface area contributed by atoms with Gasteiger partial charge in [-0.25, -0.2) is 0 Å². The Kier molecular flexibility index (Phi) is 4.74. The lowest BCUT2D eigenvalue weighted by Crippen LogP contribution is -2.42. The van der Waals surface area contributed by atoms with Crippen molar-refractivity contribution in [1.29, 1.82) is 0 Å². The third-order valence-electron chi connectivity index (χ3n) is 5.90. The SMILES string of the molecule is CC(C)(C)[Si](C)(C)OCC[C@@]1(C)C(=O)CC[C@@H]1c1ccoc1. The highest BCUT2D eigenvalue weighted by molar-refractivity contribution is 6.74. The van der Waals surface area contributed by atoms with Crippen LogP contribution in [0.1, 0.15) is 58.4 Å². The van der Waals surface area contributed by atoms with Gasteiger partial charge in [0.15, 0.2) is 8.32 Å². The van der Waals surface area contributed by atoms with Crippen molar-refractivity contribution >= 4 is 14.1 Å². The molecular weight excluding hydrogens is 292 g/mol. The van der Waals surface area contributed by atoms with Crippen molar-refractivity contribution in [2.45, 2.75) is 71.0 Å². The second-order valence-corrected chi connectivity index (χ2v) is 13.2. The van der Waals surface area contributed by atoms with Gasteiger partial charge in [0.05, 0.1) is 12.5 Å². The van der Waals surface area contributed by atoms with E-state index in [1.54, 1.807) is 12.5 Å². The Bertz CT molecular complexity index is 513. The first-order valence-corrected chi connectivity index (χ1v) is 11.2. The molecule has 4 heteroatoms. The molecule has 0 spiro atoms. The summed E-state index contributed by atoms with van der Waals surface area (Å²) in [4.78, 5) is 12.5. The summed E-state index contributed by atoms with van der Waals surface area (Å²) in [5.41, 5.74) is 0.840. The van der Waals surface area contributed by atoms with Crippen LogP contribution in [0.4, 0.5) is 0 Å². The zero-order valence-corrected chi connectivity index (χ0v) is 15.9. The molecule has 0 aliphatic heterocycles. The number of carbonyl (C=O) groups excluding carboxylic acids is 1. The van der Waals surface area contributed by atoms with Crippen LogP contribution in [-0.2, 0) is 9.22 Å². The van der Waals surface area contributed by atoms with Crippen molar-refractivity contribution in [1.82, 2.24) is 0 Å². The van der Waals surface area contributed by atoms with E-state index >= 15 is 0 Å². The molecule has 1 heterocycles. The van der Waals surface area contributed by atoms with Crippen molar-refractivity contribution in [2.24, 2.45) is 5.41 Å². The molecule has 1 aliphatic carbocycles. The van der Waals surface area contributed by atoms with Crippen LogP contribution in [0.3, 0.4) is 0 Å². The maximum absolute atomic E-state index is 12.5. The predicted octanol–water partition coefficient (Wildman–Crippen LogP) is 5.14. The molecular formula is C18H30O3Si. The van der Waals surface area contributed by atoms with E-state index in [1.807, 2.05) is 6.07 Å². The van der Waals surface area contributed by atoms with Gasteiger partial charge in [0, 0.05) is 18.4 Å². The fraction of sp³-hybridized carbons (Fsp3) is 0.722.